The van der Waals surface area contributed by atoms with Crippen molar-refractivity contribution in [3.05, 3.63) is 150 Å². The molecule has 0 fully saturated rings. The van der Waals surface area contributed by atoms with Crippen molar-refractivity contribution >= 4 is 46.2 Å². The topological polar surface area (TPSA) is 21.7 Å². The molecule has 0 amide bonds. The van der Waals surface area contributed by atoms with Gasteiger partial charge in [-0.2, -0.15) is 0 Å². The minimum atomic E-state index is -0.209. The van der Waals surface area contributed by atoms with Crippen molar-refractivity contribution in [1.29, 1.82) is 0 Å². The van der Waals surface area contributed by atoms with E-state index < -0.39 is 0 Å². The van der Waals surface area contributed by atoms with Gasteiger partial charge in [0.05, 0.1) is 0 Å². The molecule has 4 aliphatic rings. The summed E-state index contributed by atoms with van der Waals surface area (Å²) >= 11 is 0. The van der Waals surface area contributed by atoms with Crippen LogP contribution in [0, 0.1) is 0 Å². The fourth-order valence-corrected chi connectivity index (χ4v) is 8.42. The van der Waals surface area contributed by atoms with Gasteiger partial charge in [-0.15, -0.1) is 0 Å². The first-order valence-corrected chi connectivity index (χ1v) is 16.6. The van der Waals surface area contributed by atoms with Crippen molar-refractivity contribution < 1.29 is 9.47 Å². The van der Waals surface area contributed by atoms with E-state index in [0.29, 0.717) is 0 Å². The molecule has 0 spiro atoms. The molecule has 47 heavy (non-hydrogen) atoms. The molecule has 2 aliphatic carbocycles. The molecule has 2 heterocycles. The molecule has 0 saturated carbocycles. The summed E-state index contributed by atoms with van der Waals surface area (Å²) < 4.78 is 13.7. The van der Waals surface area contributed by atoms with Crippen LogP contribution in [0.1, 0.15) is 42.5 Å². The van der Waals surface area contributed by atoms with Crippen LogP contribution in [0.15, 0.2) is 127 Å². The van der Waals surface area contributed by atoms with E-state index in [1.807, 2.05) is 0 Å². The van der Waals surface area contributed by atoms with Crippen molar-refractivity contribution in [2.24, 2.45) is 0 Å². The Balaban J connectivity index is 1.17. The maximum atomic E-state index is 6.96. The number of para-hydroxylation sites is 2. The summed E-state index contributed by atoms with van der Waals surface area (Å²) in [5, 5.41) is 0. The molecule has 2 aliphatic heterocycles. The lowest BCUT2D eigenvalue weighted by atomic mass is 9.34. The highest BCUT2D eigenvalue weighted by Gasteiger charge is 2.45. The maximum Gasteiger partial charge on any atom is 0.260 e. The first-order valence-electron chi connectivity index (χ1n) is 16.6. The van der Waals surface area contributed by atoms with Gasteiger partial charge in [-0.25, -0.2) is 0 Å². The van der Waals surface area contributed by atoms with Crippen LogP contribution in [0.25, 0.3) is 17.2 Å². The summed E-state index contributed by atoms with van der Waals surface area (Å²) in [6, 6.07) is 43.7. The Morgan fingerprint density at radius 2 is 1.32 bits per heavy atom. The maximum absolute atomic E-state index is 6.96. The summed E-state index contributed by atoms with van der Waals surface area (Å²) in [6.45, 7) is 4.75. The molecule has 0 bridgehead atoms. The zero-order valence-electron chi connectivity index (χ0n) is 26.5. The molecule has 0 radical (unpaired) electrons. The van der Waals surface area contributed by atoms with Crippen LogP contribution >= 0.6 is 0 Å². The number of anilines is 3. The number of rotatable bonds is 3. The number of fused-ring (bicyclic) bond motifs is 10. The van der Waals surface area contributed by atoms with Crippen molar-refractivity contribution in [1.82, 2.24) is 0 Å². The van der Waals surface area contributed by atoms with Crippen molar-refractivity contribution in [2.75, 3.05) is 4.90 Å². The number of benzene rings is 6. The fourth-order valence-electron chi connectivity index (χ4n) is 8.42. The van der Waals surface area contributed by atoms with Gasteiger partial charge in [0.1, 0.15) is 23.0 Å². The Morgan fingerprint density at radius 1 is 0.638 bits per heavy atom. The summed E-state index contributed by atoms with van der Waals surface area (Å²) in [6.07, 6.45) is 6.54. The predicted molar refractivity (Wildman–Crippen MR) is 194 cm³/mol. The van der Waals surface area contributed by atoms with E-state index in [-0.39, 0.29) is 12.1 Å². The molecule has 6 aromatic carbocycles. The third kappa shape index (κ3) is 3.76. The minimum Gasteiger partial charge on any atom is -0.458 e. The lowest BCUT2D eigenvalue weighted by Crippen LogP contribution is -2.57. The summed E-state index contributed by atoms with van der Waals surface area (Å²) in [4.78, 5) is 2.35. The lowest BCUT2D eigenvalue weighted by molar-refractivity contribution is 0.461. The molecular weight excluding hydrogens is 573 g/mol. The van der Waals surface area contributed by atoms with Gasteiger partial charge in [0, 0.05) is 39.1 Å². The highest BCUT2D eigenvalue weighted by Crippen LogP contribution is 2.54. The molecule has 4 heteroatoms. The van der Waals surface area contributed by atoms with Crippen molar-refractivity contribution in [3.63, 3.8) is 0 Å². The van der Waals surface area contributed by atoms with Gasteiger partial charge in [0.15, 0.2) is 0 Å². The van der Waals surface area contributed by atoms with Gasteiger partial charge in [-0.1, -0.05) is 98.8 Å². The molecule has 0 N–H and O–H groups in total. The van der Waals surface area contributed by atoms with Crippen LogP contribution in [0.2, 0.25) is 0 Å². The predicted octanol–water partition coefficient (Wildman–Crippen LogP) is 9.15. The van der Waals surface area contributed by atoms with Crippen LogP contribution in [0.4, 0.5) is 17.1 Å². The normalized spacial score (nSPS) is 15.2. The third-order valence-corrected chi connectivity index (χ3v) is 10.6. The van der Waals surface area contributed by atoms with Crippen LogP contribution < -0.4 is 30.8 Å². The highest BCUT2D eigenvalue weighted by atomic mass is 16.5. The smallest absolute Gasteiger partial charge is 0.260 e. The average molecular weight is 606 g/mol. The van der Waals surface area contributed by atoms with Gasteiger partial charge in [0.25, 0.3) is 6.71 Å². The van der Waals surface area contributed by atoms with Crippen molar-refractivity contribution in [2.45, 2.75) is 32.1 Å². The van der Waals surface area contributed by atoms with Crippen LogP contribution in [0.3, 0.4) is 0 Å². The van der Waals surface area contributed by atoms with E-state index in [1.54, 1.807) is 0 Å². The standard InChI is InChI=1S/C43H32BNO2/c1-43(2)33-23-25-36-42(47-38-19-11-18-37-40(38)44(36)35-24-20-27-12-9-10-17-31(27)41(35)46-37)39(33)32-22-21-30(26-34(32)43)45(28-13-5-3-6-14-28)29-15-7-4-8-16-29/h3-9,11-16,18-26H,10,17H2,1-2H3. The van der Waals surface area contributed by atoms with Gasteiger partial charge in [-0.05, 0) is 94.6 Å². The van der Waals surface area contributed by atoms with Crippen LogP contribution in [0.5, 0.6) is 23.0 Å². The monoisotopic (exact) mass is 605 g/mol. The minimum absolute atomic E-state index is 0.0493. The van der Waals surface area contributed by atoms with E-state index in [1.165, 1.54) is 44.3 Å². The molecule has 224 valence electrons. The zero-order chi connectivity index (χ0) is 31.3. The summed E-state index contributed by atoms with van der Waals surface area (Å²) in [5.41, 5.74) is 14.4. The van der Waals surface area contributed by atoms with Gasteiger partial charge >= 0.3 is 0 Å². The van der Waals surface area contributed by atoms with Gasteiger partial charge in [0.2, 0.25) is 0 Å². The summed E-state index contributed by atoms with van der Waals surface area (Å²) in [5.74, 6) is 3.80. The van der Waals surface area contributed by atoms with E-state index >= 15 is 0 Å². The van der Waals surface area contributed by atoms with E-state index in [0.717, 1.165) is 58.4 Å². The van der Waals surface area contributed by atoms with Crippen LogP contribution in [-0.2, 0) is 11.8 Å². The number of nitrogens with zero attached hydrogens (tertiary/aromatic N) is 1. The first-order chi connectivity index (χ1) is 23.1. The van der Waals surface area contributed by atoms with Crippen LogP contribution in [-0.4, -0.2) is 6.71 Å². The molecule has 0 saturated heterocycles. The molecular formula is C43H32BNO2. The second-order valence-electron chi connectivity index (χ2n) is 13.6. The molecule has 6 aromatic rings. The Hall–Kier alpha value is -5.48. The van der Waals surface area contributed by atoms with E-state index in [2.05, 4.69) is 152 Å². The molecule has 10 rings (SSSR count). The Bertz CT molecular complexity index is 2250. The van der Waals surface area contributed by atoms with Crippen molar-refractivity contribution in [3.8, 4) is 34.1 Å². The second kappa shape index (κ2) is 9.76. The van der Waals surface area contributed by atoms with E-state index in [9.17, 15) is 0 Å². The first kappa shape index (κ1) is 26.7. The van der Waals surface area contributed by atoms with E-state index in [4.69, 9.17) is 9.47 Å². The Labute approximate surface area is 275 Å². The zero-order valence-corrected chi connectivity index (χ0v) is 26.5. The number of hydrogen-bond acceptors (Lipinski definition) is 3. The second-order valence-corrected chi connectivity index (χ2v) is 13.6. The van der Waals surface area contributed by atoms with Gasteiger partial charge in [-0.3, -0.25) is 0 Å². The average Bonchev–Trinajstić information content (AvgIpc) is 3.35. The Kier molecular flexibility index (Phi) is 5.55. The number of ether oxygens (including phenoxy) is 2. The third-order valence-electron chi connectivity index (χ3n) is 10.6. The molecule has 0 aromatic heterocycles. The lowest BCUT2D eigenvalue weighted by Gasteiger charge is -2.35. The largest absolute Gasteiger partial charge is 0.458 e. The Morgan fingerprint density at radius 3 is 2.06 bits per heavy atom. The fraction of sp³-hybridized carbons (Fsp3) is 0.116. The summed E-state index contributed by atoms with van der Waals surface area (Å²) in [7, 11) is 0. The molecule has 0 unspecified atom stereocenters. The molecule has 3 nitrogen and oxygen atoms in total. The highest BCUT2D eigenvalue weighted by molar-refractivity contribution is 6.98. The number of hydrogen-bond donors (Lipinski definition) is 0. The number of allylic oxidation sites excluding steroid dienone is 1. The SMILES string of the molecule is CC1(C)c2cc(N(c3ccccc3)c3ccccc3)ccc2-c2c1ccc1c2Oc2cccc3c2B1c1ccc2c(c1O3)CCC=C2. The molecule has 0 atom stereocenters. The quantitative estimate of drug-likeness (QED) is 0.188. The van der Waals surface area contributed by atoms with Gasteiger partial charge < -0.3 is 14.4 Å².